The number of fused-ring (bicyclic) bond motifs is 5. The summed E-state index contributed by atoms with van der Waals surface area (Å²) < 4.78 is 22.7. The maximum atomic E-state index is 14.4. The van der Waals surface area contributed by atoms with Gasteiger partial charge in [0.05, 0.1) is 62.0 Å². The van der Waals surface area contributed by atoms with Crippen LogP contribution in [0.4, 0.5) is 11.4 Å². The Kier molecular flexibility index (Phi) is 5.80. The van der Waals surface area contributed by atoms with Crippen molar-refractivity contribution < 1.29 is 37.5 Å². The van der Waals surface area contributed by atoms with Crippen LogP contribution >= 0.6 is 0 Å². The molecule has 0 bridgehead atoms. The van der Waals surface area contributed by atoms with Gasteiger partial charge in [0.25, 0.3) is 11.8 Å². The topological polar surface area (TPSA) is 126 Å². The van der Waals surface area contributed by atoms with Gasteiger partial charge >= 0.3 is 0 Å². The van der Waals surface area contributed by atoms with Crippen LogP contribution in [0.2, 0.25) is 0 Å². The summed E-state index contributed by atoms with van der Waals surface area (Å²) >= 11 is 0. The van der Waals surface area contributed by atoms with Crippen LogP contribution in [0.15, 0.2) is 94.2 Å². The van der Waals surface area contributed by atoms with E-state index in [1.54, 1.807) is 82.8 Å². The van der Waals surface area contributed by atoms with Gasteiger partial charge in [-0.2, -0.15) is 0 Å². The highest BCUT2D eigenvalue weighted by Crippen LogP contribution is 2.60. The second kappa shape index (κ2) is 9.66. The van der Waals surface area contributed by atoms with Gasteiger partial charge in [-0.1, -0.05) is 24.3 Å². The van der Waals surface area contributed by atoms with Crippen molar-refractivity contribution in [1.82, 2.24) is 10.0 Å². The SMILES string of the molecule is COc1ccccc1N1C(=O)C2C(C1=O)N1C(c3ccco3)C3C(=O)N(c4ccccc4OC)C(=O)C3N1C2c1ccco1. The summed E-state index contributed by atoms with van der Waals surface area (Å²) in [5.74, 6) is -2.34. The summed E-state index contributed by atoms with van der Waals surface area (Å²) in [6, 6.07) is 16.6. The number of benzene rings is 2. The fraction of sp³-hybridized carbons (Fsp3) is 0.250. The Balaban J connectivity index is 1.31. The van der Waals surface area contributed by atoms with Crippen molar-refractivity contribution in [3.63, 3.8) is 0 Å². The van der Waals surface area contributed by atoms with E-state index in [0.717, 1.165) is 9.80 Å². The van der Waals surface area contributed by atoms with Gasteiger partial charge in [-0.05, 0) is 48.5 Å². The van der Waals surface area contributed by atoms with Crippen molar-refractivity contribution in [1.29, 1.82) is 0 Å². The molecule has 222 valence electrons. The molecule has 4 aliphatic rings. The number of carbonyl (C=O) groups is 4. The number of imide groups is 2. The lowest BCUT2D eigenvalue weighted by Crippen LogP contribution is -2.50. The molecule has 4 amide bonds. The molecule has 2 aromatic carbocycles. The first-order valence-electron chi connectivity index (χ1n) is 14.1. The molecule has 6 heterocycles. The van der Waals surface area contributed by atoms with Crippen LogP contribution in [0.1, 0.15) is 23.6 Å². The van der Waals surface area contributed by atoms with E-state index in [1.807, 2.05) is 0 Å². The lowest BCUT2D eigenvalue weighted by atomic mass is 9.87. The Hall–Kier alpha value is -5.20. The van der Waals surface area contributed by atoms with Crippen LogP contribution in [0.3, 0.4) is 0 Å². The van der Waals surface area contributed by atoms with Gasteiger partial charge in [0.15, 0.2) is 0 Å². The number of para-hydroxylation sites is 4. The second-order valence-corrected chi connectivity index (χ2v) is 11.0. The van der Waals surface area contributed by atoms with Gasteiger partial charge in [-0.25, -0.2) is 19.8 Å². The van der Waals surface area contributed by atoms with E-state index in [-0.39, 0.29) is 0 Å². The Morgan fingerprint density at radius 3 is 1.30 bits per heavy atom. The summed E-state index contributed by atoms with van der Waals surface area (Å²) in [6.07, 6.45) is 2.96. The maximum absolute atomic E-state index is 14.4. The molecule has 12 heteroatoms. The molecule has 4 saturated heterocycles. The summed E-state index contributed by atoms with van der Waals surface area (Å²) in [6.45, 7) is 0. The minimum absolute atomic E-state index is 0.313. The minimum atomic E-state index is -1.05. The predicted molar refractivity (Wildman–Crippen MR) is 152 cm³/mol. The van der Waals surface area contributed by atoms with Gasteiger partial charge in [0.2, 0.25) is 11.8 Å². The molecule has 6 unspecified atom stereocenters. The molecule has 4 fully saturated rings. The first-order chi connectivity index (χ1) is 21.5. The van der Waals surface area contributed by atoms with Crippen molar-refractivity contribution in [2.75, 3.05) is 24.0 Å². The molecule has 0 radical (unpaired) electrons. The maximum Gasteiger partial charge on any atom is 0.253 e. The summed E-state index contributed by atoms with van der Waals surface area (Å²) in [7, 11) is 2.94. The Labute approximate surface area is 250 Å². The molecule has 0 aliphatic carbocycles. The molecule has 44 heavy (non-hydrogen) atoms. The lowest BCUT2D eigenvalue weighted by Gasteiger charge is -2.34. The number of methoxy groups -OCH3 is 2. The molecule has 0 N–H and O–H groups in total. The average molecular weight is 595 g/mol. The zero-order valence-electron chi connectivity index (χ0n) is 23.6. The highest BCUT2D eigenvalue weighted by molar-refractivity contribution is 6.26. The van der Waals surface area contributed by atoms with Crippen LogP contribution in [0.5, 0.6) is 11.5 Å². The van der Waals surface area contributed by atoms with Gasteiger partial charge in [-0.15, -0.1) is 0 Å². The first kappa shape index (κ1) is 26.4. The van der Waals surface area contributed by atoms with Crippen molar-refractivity contribution >= 4 is 35.0 Å². The van der Waals surface area contributed by atoms with Crippen molar-refractivity contribution in [3.8, 4) is 11.5 Å². The van der Waals surface area contributed by atoms with Gasteiger partial charge < -0.3 is 18.3 Å². The zero-order chi connectivity index (χ0) is 30.3. The van der Waals surface area contributed by atoms with Crippen molar-refractivity contribution in [3.05, 3.63) is 96.8 Å². The number of carbonyl (C=O) groups excluding carboxylic acids is 4. The van der Waals surface area contributed by atoms with E-state index in [9.17, 15) is 19.2 Å². The smallest absolute Gasteiger partial charge is 0.253 e. The first-order valence-corrected chi connectivity index (χ1v) is 14.1. The fourth-order valence-corrected chi connectivity index (χ4v) is 7.42. The Bertz CT molecular complexity index is 1670. The van der Waals surface area contributed by atoms with Gasteiger partial charge in [0.1, 0.15) is 35.1 Å². The van der Waals surface area contributed by atoms with Crippen LogP contribution in [0.25, 0.3) is 0 Å². The van der Waals surface area contributed by atoms with Crippen LogP contribution in [-0.4, -0.2) is 59.9 Å². The van der Waals surface area contributed by atoms with Gasteiger partial charge in [-0.3, -0.25) is 19.2 Å². The predicted octanol–water partition coefficient (Wildman–Crippen LogP) is 3.33. The largest absolute Gasteiger partial charge is 0.495 e. The Morgan fingerprint density at radius 2 is 0.932 bits per heavy atom. The molecule has 0 saturated carbocycles. The third-order valence-corrected chi connectivity index (χ3v) is 9.05. The highest BCUT2D eigenvalue weighted by Gasteiger charge is 2.74. The molecule has 4 aromatic rings. The molecule has 4 aliphatic heterocycles. The molecule has 6 atom stereocenters. The van der Waals surface area contributed by atoms with E-state index in [1.165, 1.54) is 26.7 Å². The molecule has 0 spiro atoms. The zero-order valence-corrected chi connectivity index (χ0v) is 23.6. The number of furan rings is 2. The summed E-state index contributed by atoms with van der Waals surface area (Å²) in [4.78, 5) is 59.8. The number of amides is 4. The van der Waals surface area contributed by atoms with Gasteiger partial charge in [0, 0.05) is 0 Å². The summed E-state index contributed by atoms with van der Waals surface area (Å²) in [5.41, 5.74) is 0.625. The Morgan fingerprint density at radius 1 is 0.523 bits per heavy atom. The number of hydrogen-bond donors (Lipinski definition) is 0. The number of hydrogen-bond acceptors (Lipinski definition) is 10. The number of hydrazine groups is 1. The van der Waals surface area contributed by atoms with Crippen LogP contribution in [-0.2, 0) is 19.2 Å². The molecular weight excluding hydrogens is 568 g/mol. The number of ether oxygens (including phenoxy) is 2. The molecule has 12 nitrogen and oxygen atoms in total. The van der Waals surface area contributed by atoms with E-state index in [2.05, 4.69) is 0 Å². The lowest BCUT2D eigenvalue weighted by molar-refractivity contribution is -0.136. The van der Waals surface area contributed by atoms with Crippen molar-refractivity contribution in [2.24, 2.45) is 11.8 Å². The molecular formula is C32H26N4O8. The standard InChI is InChI=1S/C32H26N4O8/c1-41-19-11-5-3-9-17(19)33-29(37)23-25(21-13-7-15-43-21)36-28-24(26(22-14-8-16-44-22)35(36)27(23)31(33)39)30(38)34(32(28)40)18-10-4-6-12-20(18)42-2/h3-16,23-28H,1-2H3. The van der Waals surface area contributed by atoms with E-state index >= 15 is 0 Å². The number of nitrogens with zero attached hydrogens (tertiary/aromatic N) is 4. The third kappa shape index (κ3) is 3.34. The van der Waals surface area contributed by atoms with E-state index in [4.69, 9.17) is 18.3 Å². The van der Waals surface area contributed by atoms with Crippen LogP contribution in [0, 0.1) is 11.8 Å². The highest BCUT2D eigenvalue weighted by atomic mass is 16.5. The fourth-order valence-electron chi connectivity index (χ4n) is 7.42. The van der Waals surface area contributed by atoms with Crippen LogP contribution < -0.4 is 19.3 Å². The van der Waals surface area contributed by atoms with E-state index < -0.39 is 59.6 Å². The number of anilines is 2. The monoisotopic (exact) mass is 594 g/mol. The van der Waals surface area contributed by atoms with E-state index in [0.29, 0.717) is 34.4 Å². The molecule has 2 aromatic heterocycles. The summed E-state index contributed by atoms with van der Waals surface area (Å²) in [5, 5.41) is 3.41. The minimum Gasteiger partial charge on any atom is -0.495 e. The third-order valence-electron chi connectivity index (χ3n) is 9.05. The normalized spacial score (nSPS) is 28.1. The quantitative estimate of drug-likeness (QED) is 0.307. The second-order valence-electron chi connectivity index (χ2n) is 11.0. The molecule has 8 rings (SSSR count). The number of rotatable bonds is 6. The van der Waals surface area contributed by atoms with Crippen molar-refractivity contribution in [2.45, 2.75) is 24.2 Å². The average Bonchev–Trinajstić information content (AvgIpc) is 3.88.